The average Bonchev–Trinajstić information content (AvgIpc) is 2.30. The maximum absolute atomic E-state index is 5.60. The predicted molar refractivity (Wildman–Crippen MR) is 64.6 cm³/mol. The molecule has 0 aromatic carbocycles. The van der Waals surface area contributed by atoms with Gasteiger partial charge in [-0.1, -0.05) is 19.8 Å². The Morgan fingerprint density at radius 3 is 2.88 bits per heavy atom. The van der Waals surface area contributed by atoms with Crippen LogP contribution in [0, 0.1) is 11.8 Å². The van der Waals surface area contributed by atoms with Gasteiger partial charge in [0.2, 0.25) is 0 Å². The van der Waals surface area contributed by atoms with E-state index in [1.165, 1.54) is 25.7 Å². The summed E-state index contributed by atoms with van der Waals surface area (Å²) in [5.41, 5.74) is 0. The van der Waals surface area contributed by atoms with Crippen molar-refractivity contribution in [3.8, 4) is 0 Å². The Bertz CT molecular complexity index is 192. The lowest BCUT2D eigenvalue weighted by Gasteiger charge is -2.28. The first kappa shape index (κ1) is 12.3. The average molecular weight is 227 g/mol. The first-order valence-electron chi connectivity index (χ1n) is 6.74. The van der Waals surface area contributed by atoms with Gasteiger partial charge in [0.05, 0.1) is 25.9 Å². The van der Waals surface area contributed by atoms with E-state index in [4.69, 9.17) is 9.47 Å². The number of hydrogen-bond acceptors (Lipinski definition) is 3. The smallest absolute Gasteiger partial charge is 0.0933 e. The van der Waals surface area contributed by atoms with Gasteiger partial charge in [-0.15, -0.1) is 0 Å². The van der Waals surface area contributed by atoms with Crippen LogP contribution in [0.25, 0.3) is 0 Å². The van der Waals surface area contributed by atoms with Crippen LogP contribution in [0.15, 0.2) is 0 Å². The van der Waals surface area contributed by atoms with Crippen LogP contribution in [0.4, 0.5) is 0 Å². The lowest BCUT2D eigenvalue weighted by molar-refractivity contribution is -0.0865. The Morgan fingerprint density at radius 2 is 2.12 bits per heavy atom. The molecule has 2 aliphatic rings. The Labute approximate surface area is 98.9 Å². The van der Waals surface area contributed by atoms with Crippen molar-refractivity contribution in [2.75, 3.05) is 32.9 Å². The third-order valence-corrected chi connectivity index (χ3v) is 3.73. The van der Waals surface area contributed by atoms with Crippen molar-refractivity contribution in [3.63, 3.8) is 0 Å². The minimum Gasteiger partial charge on any atom is -0.376 e. The fraction of sp³-hybridized carbons (Fsp3) is 1.00. The van der Waals surface area contributed by atoms with Gasteiger partial charge in [0.15, 0.2) is 0 Å². The second-order valence-corrected chi connectivity index (χ2v) is 5.36. The Kier molecular flexibility index (Phi) is 5.07. The van der Waals surface area contributed by atoms with Crippen molar-refractivity contribution < 1.29 is 9.47 Å². The van der Waals surface area contributed by atoms with Crippen LogP contribution in [0.1, 0.15) is 32.6 Å². The molecule has 94 valence electrons. The van der Waals surface area contributed by atoms with Gasteiger partial charge in [0, 0.05) is 6.54 Å². The van der Waals surface area contributed by atoms with Crippen LogP contribution < -0.4 is 5.32 Å². The highest BCUT2D eigenvalue weighted by Crippen LogP contribution is 2.27. The minimum atomic E-state index is 0.273. The topological polar surface area (TPSA) is 30.5 Å². The number of rotatable bonds is 4. The largest absolute Gasteiger partial charge is 0.376 e. The van der Waals surface area contributed by atoms with E-state index < -0.39 is 0 Å². The van der Waals surface area contributed by atoms with Crippen LogP contribution in [0.3, 0.4) is 0 Å². The van der Waals surface area contributed by atoms with Crippen molar-refractivity contribution in [1.29, 1.82) is 0 Å². The van der Waals surface area contributed by atoms with E-state index in [0.29, 0.717) is 0 Å². The third kappa shape index (κ3) is 4.04. The van der Waals surface area contributed by atoms with Crippen LogP contribution in [0.5, 0.6) is 0 Å². The summed E-state index contributed by atoms with van der Waals surface area (Å²) in [6, 6.07) is 0. The van der Waals surface area contributed by atoms with Gasteiger partial charge < -0.3 is 14.8 Å². The summed E-state index contributed by atoms with van der Waals surface area (Å²) in [6.45, 7) is 6.76. The zero-order chi connectivity index (χ0) is 11.2. The fourth-order valence-corrected chi connectivity index (χ4v) is 2.85. The van der Waals surface area contributed by atoms with Crippen molar-refractivity contribution in [2.24, 2.45) is 11.8 Å². The van der Waals surface area contributed by atoms with Gasteiger partial charge in [0.25, 0.3) is 0 Å². The SMILES string of the molecule is CC1CCCC(CNCC2COCCO2)C1. The molecular weight excluding hydrogens is 202 g/mol. The van der Waals surface area contributed by atoms with E-state index in [0.717, 1.165) is 44.7 Å². The van der Waals surface area contributed by atoms with E-state index in [9.17, 15) is 0 Å². The summed E-state index contributed by atoms with van der Waals surface area (Å²) in [5, 5.41) is 3.54. The molecule has 3 nitrogen and oxygen atoms in total. The lowest BCUT2D eigenvalue weighted by atomic mass is 9.82. The highest BCUT2D eigenvalue weighted by Gasteiger charge is 2.19. The van der Waals surface area contributed by atoms with E-state index in [-0.39, 0.29) is 6.10 Å². The second-order valence-electron chi connectivity index (χ2n) is 5.36. The maximum Gasteiger partial charge on any atom is 0.0933 e. The van der Waals surface area contributed by atoms with Gasteiger partial charge in [-0.25, -0.2) is 0 Å². The molecule has 0 amide bonds. The molecule has 0 spiro atoms. The number of nitrogens with one attached hydrogen (secondary N) is 1. The van der Waals surface area contributed by atoms with E-state index in [2.05, 4.69) is 12.2 Å². The van der Waals surface area contributed by atoms with Gasteiger partial charge in [-0.3, -0.25) is 0 Å². The molecular formula is C13H25NO2. The minimum absolute atomic E-state index is 0.273. The first-order valence-corrected chi connectivity index (χ1v) is 6.74. The van der Waals surface area contributed by atoms with Crippen LogP contribution in [-0.4, -0.2) is 39.0 Å². The molecule has 3 atom stereocenters. The molecule has 1 aliphatic carbocycles. The van der Waals surface area contributed by atoms with Gasteiger partial charge in [0.1, 0.15) is 0 Å². The molecule has 2 rings (SSSR count). The van der Waals surface area contributed by atoms with Gasteiger partial charge in [-0.2, -0.15) is 0 Å². The molecule has 1 saturated heterocycles. The molecule has 2 fully saturated rings. The first-order chi connectivity index (χ1) is 7.84. The van der Waals surface area contributed by atoms with E-state index in [1.54, 1.807) is 0 Å². The third-order valence-electron chi connectivity index (χ3n) is 3.73. The van der Waals surface area contributed by atoms with Gasteiger partial charge in [-0.05, 0) is 31.2 Å². The van der Waals surface area contributed by atoms with E-state index >= 15 is 0 Å². The summed E-state index contributed by atoms with van der Waals surface area (Å²) >= 11 is 0. The number of ether oxygens (including phenoxy) is 2. The zero-order valence-corrected chi connectivity index (χ0v) is 10.4. The molecule has 0 aromatic heterocycles. The zero-order valence-electron chi connectivity index (χ0n) is 10.4. The Balaban J connectivity index is 1.56. The monoisotopic (exact) mass is 227 g/mol. The van der Waals surface area contributed by atoms with Crippen LogP contribution >= 0.6 is 0 Å². The molecule has 3 heteroatoms. The molecule has 16 heavy (non-hydrogen) atoms. The normalized spacial score (nSPS) is 36.2. The molecule has 1 N–H and O–H groups in total. The maximum atomic E-state index is 5.60. The Hall–Kier alpha value is -0.120. The van der Waals surface area contributed by atoms with Crippen LogP contribution in [0.2, 0.25) is 0 Å². The standard InChI is InChI=1S/C13H25NO2/c1-11-3-2-4-12(7-11)8-14-9-13-10-15-5-6-16-13/h11-14H,2-10H2,1H3. The summed E-state index contributed by atoms with van der Waals surface area (Å²) in [7, 11) is 0. The molecule has 0 aromatic rings. The molecule has 0 bridgehead atoms. The van der Waals surface area contributed by atoms with Gasteiger partial charge >= 0.3 is 0 Å². The Morgan fingerprint density at radius 1 is 1.19 bits per heavy atom. The fourth-order valence-electron chi connectivity index (χ4n) is 2.85. The van der Waals surface area contributed by atoms with Crippen molar-refractivity contribution >= 4 is 0 Å². The molecule has 1 saturated carbocycles. The summed E-state index contributed by atoms with van der Waals surface area (Å²) in [6.07, 6.45) is 5.91. The molecule has 0 radical (unpaired) electrons. The summed E-state index contributed by atoms with van der Waals surface area (Å²) < 4.78 is 11.0. The van der Waals surface area contributed by atoms with Crippen molar-refractivity contribution in [2.45, 2.75) is 38.7 Å². The molecule has 1 aliphatic heterocycles. The lowest BCUT2D eigenvalue weighted by Crippen LogP contribution is -2.39. The highest BCUT2D eigenvalue weighted by molar-refractivity contribution is 4.73. The summed E-state index contributed by atoms with van der Waals surface area (Å²) in [4.78, 5) is 0. The number of hydrogen-bond donors (Lipinski definition) is 1. The van der Waals surface area contributed by atoms with Crippen molar-refractivity contribution in [1.82, 2.24) is 5.32 Å². The predicted octanol–water partition coefficient (Wildman–Crippen LogP) is 1.82. The van der Waals surface area contributed by atoms with Crippen LogP contribution in [-0.2, 0) is 9.47 Å². The second kappa shape index (κ2) is 6.58. The highest BCUT2D eigenvalue weighted by atomic mass is 16.6. The van der Waals surface area contributed by atoms with E-state index in [1.807, 2.05) is 0 Å². The van der Waals surface area contributed by atoms with Crippen molar-refractivity contribution in [3.05, 3.63) is 0 Å². The molecule has 1 heterocycles. The molecule has 3 unspecified atom stereocenters. The quantitative estimate of drug-likeness (QED) is 0.794. The summed E-state index contributed by atoms with van der Waals surface area (Å²) in [5.74, 6) is 1.81.